The lowest BCUT2D eigenvalue weighted by Crippen LogP contribution is -2.58. The highest BCUT2D eigenvalue weighted by Gasteiger charge is 1.99. The molecule has 0 radical (unpaired) electrons. The van der Waals surface area contributed by atoms with Crippen LogP contribution in [-0.4, -0.2) is 17.9 Å². The molecule has 19 heavy (non-hydrogen) atoms. The molecular weight excluding hydrogens is 295 g/mol. The molecule has 6 nitrogen and oxygen atoms in total. The summed E-state index contributed by atoms with van der Waals surface area (Å²) >= 11 is 5.97. The molecule has 1 aromatic carbocycles. The van der Waals surface area contributed by atoms with Gasteiger partial charge in [0.05, 0.1) is 26.5 Å². The van der Waals surface area contributed by atoms with Crippen LogP contribution in [0.4, 0.5) is 0 Å². The molecule has 0 aliphatic carbocycles. The lowest BCUT2D eigenvalue weighted by Gasteiger charge is -2.03. The maximum absolute atomic E-state index is 8.60. The van der Waals surface area contributed by atoms with Crippen LogP contribution >= 0.6 is 11.6 Å². The third-order valence-electron chi connectivity index (χ3n) is 1.66. The van der Waals surface area contributed by atoms with Crippen molar-refractivity contribution in [3.05, 3.63) is 41.5 Å². The van der Waals surface area contributed by atoms with Crippen LogP contribution in [0.15, 0.2) is 35.3 Å². The van der Waals surface area contributed by atoms with Crippen LogP contribution < -0.4 is 14.0 Å². The zero-order valence-electron chi connectivity index (χ0n) is 9.79. The molecule has 0 unspecified atom stereocenters. The molecule has 0 bridgehead atoms. The largest absolute Gasteiger partial charge is 0.296 e. The fraction of sp³-hybridized carbons (Fsp3) is 0.0909. The number of rotatable bonds is 2. The van der Waals surface area contributed by atoms with Crippen LogP contribution in [0.3, 0.4) is 0 Å². The molecule has 8 heteroatoms. The van der Waals surface area contributed by atoms with Crippen molar-refractivity contribution in [3.63, 3.8) is 0 Å². The van der Waals surface area contributed by atoms with Crippen molar-refractivity contribution in [3.8, 4) is 6.07 Å². The normalized spacial score (nSPS) is 11.7. The summed E-state index contributed by atoms with van der Waals surface area (Å²) in [6.07, 6.45) is 3.34. The van der Waals surface area contributed by atoms with Crippen LogP contribution in [0.2, 0.25) is 0 Å². The lowest BCUT2D eigenvalue weighted by molar-refractivity contribution is -1.92. The first-order chi connectivity index (χ1) is 8.77. The van der Waals surface area contributed by atoms with Crippen LogP contribution in [0, 0.1) is 21.6 Å². The SMILES string of the molecule is C/N=C/C=C(\Cl)c1ccc(C#N)cc1.[O-][Cl+3]([O-])([O-])O. The maximum Gasteiger partial charge on any atom is 0.0991 e. The quantitative estimate of drug-likeness (QED) is 0.681. The summed E-state index contributed by atoms with van der Waals surface area (Å²) in [4.78, 5) is 3.80. The number of nitriles is 1. The van der Waals surface area contributed by atoms with E-state index >= 15 is 0 Å². The van der Waals surface area contributed by atoms with E-state index in [9.17, 15) is 0 Å². The predicted octanol–water partition coefficient (Wildman–Crippen LogP) is -1.29. The molecule has 0 fully saturated rings. The van der Waals surface area contributed by atoms with Gasteiger partial charge in [-0.1, -0.05) is 23.7 Å². The summed E-state index contributed by atoms with van der Waals surface area (Å²) in [7, 11) is -3.01. The van der Waals surface area contributed by atoms with Crippen molar-refractivity contribution in [2.45, 2.75) is 0 Å². The Labute approximate surface area is 117 Å². The van der Waals surface area contributed by atoms with Gasteiger partial charge in [0, 0.05) is 18.3 Å². The molecule has 1 rings (SSSR count). The van der Waals surface area contributed by atoms with Gasteiger partial charge >= 0.3 is 0 Å². The Morgan fingerprint density at radius 3 is 2.21 bits per heavy atom. The number of hydrogen-bond donors (Lipinski definition) is 1. The van der Waals surface area contributed by atoms with E-state index in [0.717, 1.165) is 5.56 Å². The standard InChI is InChI=1S/C11H9ClN2.ClHO4/c1-14-7-6-11(12)10-4-2-9(8-13)3-5-10;2-1(3,4)5/h2-7H,1H3;(H,2,3,4,5)/b11-6-,14-7+;. The van der Waals surface area contributed by atoms with Crippen LogP contribution in [-0.2, 0) is 0 Å². The predicted molar refractivity (Wildman–Crippen MR) is 61.6 cm³/mol. The van der Waals surface area contributed by atoms with Gasteiger partial charge in [-0.2, -0.15) is 19.2 Å². The molecule has 0 atom stereocenters. The van der Waals surface area contributed by atoms with Crippen LogP contribution in [0.25, 0.3) is 5.03 Å². The molecule has 0 aromatic heterocycles. The third kappa shape index (κ3) is 10.2. The molecule has 0 saturated carbocycles. The molecule has 0 heterocycles. The van der Waals surface area contributed by atoms with Gasteiger partial charge in [0.2, 0.25) is 0 Å². The van der Waals surface area contributed by atoms with E-state index in [1.807, 2.05) is 6.07 Å². The van der Waals surface area contributed by atoms with E-state index in [1.165, 1.54) is 0 Å². The highest BCUT2D eigenvalue weighted by molar-refractivity contribution is 6.49. The third-order valence-corrected chi connectivity index (χ3v) is 2.00. The van der Waals surface area contributed by atoms with Gasteiger partial charge in [-0.25, -0.2) is 0 Å². The monoisotopic (exact) mass is 304 g/mol. The second-order valence-electron chi connectivity index (χ2n) is 3.01. The molecule has 0 spiro atoms. The Kier molecular flexibility index (Phi) is 7.95. The average Bonchev–Trinajstić information content (AvgIpc) is 2.34. The topological polar surface area (TPSA) is 126 Å². The smallest absolute Gasteiger partial charge is 0.0991 e. The van der Waals surface area contributed by atoms with E-state index < -0.39 is 10.2 Å². The Bertz CT molecular complexity index is 481. The van der Waals surface area contributed by atoms with E-state index in [-0.39, 0.29) is 0 Å². The van der Waals surface area contributed by atoms with Crippen molar-refractivity contribution in [1.82, 2.24) is 0 Å². The molecule has 102 valence electrons. The Morgan fingerprint density at radius 2 is 1.84 bits per heavy atom. The van der Waals surface area contributed by atoms with E-state index in [1.54, 1.807) is 43.6 Å². The minimum atomic E-state index is -4.69. The first kappa shape index (κ1) is 17.5. The number of nitrogens with zero attached hydrogens (tertiary/aromatic N) is 2. The highest BCUT2D eigenvalue weighted by Crippen LogP contribution is 2.18. The number of halogens is 2. The second-order valence-corrected chi connectivity index (χ2v) is 4.21. The fourth-order valence-corrected chi connectivity index (χ4v) is 1.12. The van der Waals surface area contributed by atoms with Crippen molar-refractivity contribution in [2.75, 3.05) is 7.05 Å². The van der Waals surface area contributed by atoms with E-state index in [0.29, 0.717) is 10.6 Å². The van der Waals surface area contributed by atoms with Gasteiger partial charge in [0.15, 0.2) is 0 Å². The Hall–Kier alpha value is -1.46. The first-order valence-corrected chi connectivity index (χ1v) is 6.34. The van der Waals surface area contributed by atoms with Crippen LogP contribution in [0.5, 0.6) is 0 Å². The minimum absolute atomic E-state index is 0.611. The van der Waals surface area contributed by atoms with Gasteiger partial charge in [0.25, 0.3) is 0 Å². The molecule has 1 N–H and O–H groups in total. The Balaban J connectivity index is 0.000000555. The van der Waals surface area contributed by atoms with Crippen LogP contribution in [0.1, 0.15) is 11.1 Å². The summed E-state index contributed by atoms with van der Waals surface area (Å²) in [5.74, 6) is 0. The zero-order chi connectivity index (χ0) is 14.9. The van der Waals surface area contributed by atoms with Gasteiger partial charge in [-0.3, -0.25) is 4.99 Å². The van der Waals surface area contributed by atoms with Crippen molar-refractivity contribution < 1.29 is 28.9 Å². The second kappa shape index (κ2) is 8.61. The summed E-state index contributed by atoms with van der Waals surface area (Å²) in [5.41, 5.74) is 1.51. The molecule has 0 aliphatic heterocycles. The van der Waals surface area contributed by atoms with Crippen molar-refractivity contribution in [1.29, 1.82) is 5.26 Å². The molecule has 0 amide bonds. The molecular formula is C11H10Cl2N2O4. The first-order valence-electron chi connectivity index (χ1n) is 4.69. The molecule has 1 aromatic rings. The molecule has 0 saturated heterocycles. The Morgan fingerprint density at radius 1 is 1.37 bits per heavy atom. The van der Waals surface area contributed by atoms with Gasteiger partial charge in [-0.15, -0.1) is 0 Å². The number of aliphatic imine (C=N–C) groups is 1. The van der Waals surface area contributed by atoms with Crippen molar-refractivity contribution >= 4 is 22.8 Å². The van der Waals surface area contributed by atoms with Gasteiger partial charge in [0.1, 0.15) is 0 Å². The summed E-state index contributed by atoms with van der Waals surface area (Å²) < 4.78 is 32.7. The van der Waals surface area contributed by atoms with Crippen molar-refractivity contribution in [2.24, 2.45) is 4.99 Å². The summed E-state index contributed by atoms with van der Waals surface area (Å²) in [6, 6.07) is 9.12. The molecule has 0 aliphatic rings. The number of hydrogen-bond acceptors (Lipinski definition) is 6. The highest BCUT2D eigenvalue weighted by atomic mass is 35.7. The average molecular weight is 305 g/mol. The fourth-order valence-electron chi connectivity index (χ4n) is 0.940. The summed E-state index contributed by atoms with van der Waals surface area (Å²) in [6.45, 7) is 0. The zero-order valence-corrected chi connectivity index (χ0v) is 11.3. The van der Waals surface area contributed by atoms with Gasteiger partial charge in [-0.05, 0) is 23.8 Å². The number of benzene rings is 1. The minimum Gasteiger partial charge on any atom is -0.296 e. The summed E-state index contributed by atoms with van der Waals surface area (Å²) in [5, 5.41) is 9.20. The van der Waals surface area contributed by atoms with E-state index in [2.05, 4.69) is 4.99 Å². The maximum atomic E-state index is 8.60. The van der Waals surface area contributed by atoms with Gasteiger partial charge < -0.3 is 0 Å². The lowest BCUT2D eigenvalue weighted by atomic mass is 10.1. The van der Waals surface area contributed by atoms with E-state index in [4.69, 9.17) is 35.5 Å². The number of allylic oxidation sites excluding steroid dienone is 1.